The number of aromatic nitrogens is 1. The predicted octanol–water partition coefficient (Wildman–Crippen LogP) is 2.85. The van der Waals surface area contributed by atoms with Gasteiger partial charge in [0, 0.05) is 15.8 Å². The van der Waals surface area contributed by atoms with Crippen LogP contribution in [0.5, 0.6) is 0 Å². The Morgan fingerprint density at radius 2 is 2.05 bits per heavy atom. The summed E-state index contributed by atoms with van der Waals surface area (Å²) in [6.07, 6.45) is 4.94. The maximum Gasteiger partial charge on any atom is 0.261 e. The molecule has 2 N–H and O–H groups in total. The lowest BCUT2D eigenvalue weighted by Gasteiger charge is -2.07. The average Bonchev–Trinajstić information content (AvgIpc) is 2.38. The first-order valence-electron chi connectivity index (χ1n) is 6.80. The number of unbranched alkanes of at least 4 members (excludes halogenated alkanes) is 2. The van der Waals surface area contributed by atoms with E-state index in [0.717, 1.165) is 41.4 Å². The lowest BCUT2D eigenvalue weighted by molar-refractivity contribution is 0.0951. The van der Waals surface area contributed by atoms with Crippen molar-refractivity contribution in [3.05, 3.63) is 31.2 Å². The van der Waals surface area contributed by atoms with E-state index >= 15 is 0 Å². The smallest absolute Gasteiger partial charge is 0.261 e. The molecule has 0 aliphatic carbocycles. The molecule has 1 amide bonds. The van der Waals surface area contributed by atoms with Crippen molar-refractivity contribution in [2.45, 2.75) is 46.0 Å². The molecule has 1 rings (SSSR count). The van der Waals surface area contributed by atoms with E-state index in [4.69, 9.17) is 0 Å². The van der Waals surface area contributed by atoms with Gasteiger partial charge in [-0.2, -0.15) is 0 Å². The van der Waals surface area contributed by atoms with Gasteiger partial charge in [0.05, 0.1) is 0 Å². The molecule has 0 saturated carbocycles. The lowest BCUT2D eigenvalue weighted by Crippen LogP contribution is -2.31. The largest absolute Gasteiger partial charge is 0.352 e. The number of halogens is 1. The summed E-state index contributed by atoms with van der Waals surface area (Å²) in [6.45, 7) is 4.80. The molecule has 0 unspecified atom stereocenters. The molecule has 0 fully saturated rings. The van der Waals surface area contributed by atoms with Gasteiger partial charge in [-0.25, -0.2) is 0 Å². The number of aryl methyl sites for hydroxylation is 1. The fraction of sp³-hybridized carbons (Fsp3) is 0.571. The van der Waals surface area contributed by atoms with E-state index in [0.29, 0.717) is 6.54 Å². The highest BCUT2D eigenvalue weighted by Gasteiger charge is 2.12. The number of amides is 1. The van der Waals surface area contributed by atoms with Crippen molar-refractivity contribution in [1.82, 2.24) is 10.3 Å². The van der Waals surface area contributed by atoms with Gasteiger partial charge in [0.25, 0.3) is 11.5 Å². The van der Waals surface area contributed by atoms with Crippen LogP contribution in [0.2, 0.25) is 0 Å². The fourth-order valence-electron chi connectivity index (χ4n) is 1.82. The summed E-state index contributed by atoms with van der Waals surface area (Å²) in [4.78, 5) is 26.6. The van der Waals surface area contributed by atoms with Crippen molar-refractivity contribution in [3.63, 3.8) is 0 Å². The molecule has 0 bridgehead atoms. The van der Waals surface area contributed by atoms with Crippen molar-refractivity contribution in [2.75, 3.05) is 6.54 Å². The summed E-state index contributed by atoms with van der Waals surface area (Å²) in [7, 11) is 0. The molecule has 5 heteroatoms. The van der Waals surface area contributed by atoms with Crippen LogP contribution in [0, 0.1) is 3.57 Å². The second-order valence-electron chi connectivity index (χ2n) is 4.55. The summed E-state index contributed by atoms with van der Waals surface area (Å²) >= 11 is 2.16. The van der Waals surface area contributed by atoms with Crippen molar-refractivity contribution in [2.24, 2.45) is 0 Å². The van der Waals surface area contributed by atoms with E-state index in [9.17, 15) is 9.59 Å². The molecule has 1 heterocycles. The van der Waals surface area contributed by atoms with Gasteiger partial charge in [0.15, 0.2) is 0 Å². The third-order valence-electron chi connectivity index (χ3n) is 2.88. The zero-order valence-electron chi connectivity index (χ0n) is 11.5. The number of hydrogen-bond donors (Lipinski definition) is 2. The quantitative estimate of drug-likeness (QED) is 0.568. The summed E-state index contributed by atoms with van der Waals surface area (Å²) < 4.78 is 0.942. The normalized spacial score (nSPS) is 10.5. The number of pyridine rings is 1. The number of hydrogen-bond acceptors (Lipinski definition) is 2. The minimum atomic E-state index is -0.295. The maximum atomic E-state index is 11.9. The van der Waals surface area contributed by atoms with Gasteiger partial charge in [0.1, 0.15) is 5.56 Å². The Morgan fingerprint density at radius 3 is 2.68 bits per heavy atom. The number of aromatic amines is 1. The fourth-order valence-corrected chi connectivity index (χ4v) is 2.53. The molecule has 0 aromatic carbocycles. The first-order valence-corrected chi connectivity index (χ1v) is 7.87. The molecule has 0 saturated heterocycles. The van der Waals surface area contributed by atoms with E-state index in [1.54, 1.807) is 6.07 Å². The van der Waals surface area contributed by atoms with E-state index < -0.39 is 0 Å². The van der Waals surface area contributed by atoms with Crippen molar-refractivity contribution < 1.29 is 4.79 Å². The highest BCUT2D eigenvalue weighted by Crippen LogP contribution is 2.11. The summed E-state index contributed by atoms with van der Waals surface area (Å²) in [6, 6.07) is 1.68. The minimum Gasteiger partial charge on any atom is -0.352 e. The second-order valence-corrected chi connectivity index (χ2v) is 5.71. The van der Waals surface area contributed by atoms with E-state index in [1.807, 2.05) is 0 Å². The Kier molecular flexibility index (Phi) is 7.12. The Morgan fingerprint density at radius 1 is 1.32 bits per heavy atom. The van der Waals surface area contributed by atoms with Gasteiger partial charge in [0.2, 0.25) is 0 Å². The number of carbonyl (C=O) groups excluding carboxylic acids is 1. The van der Waals surface area contributed by atoms with Crippen LogP contribution in [0.4, 0.5) is 0 Å². The van der Waals surface area contributed by atoms with Crippen LogP contribution >= 0.6 is 22.6 Å². The van der Waals surface area contributed by atoms with Gasteiger partial charge in [-0.1, -0.05) is 33.1 Å². The molecule has 1 aromatic heterocycles. The summed E-state index contributed by atoms with van der Waals surface area (Å²) in [5.41, 5.74) is 0.827. The minimum absolute atomic E-state index is 0.209. The SMILES string of the molecule is CCCCCNC(=O)c1cc(I)c(CCC)[nH]c1=O. The zero-order valence-corrected chi connectivity index (χ0v) is 13.7. The number of rotatable bonds is 7. The van der Waals surface area contributed by atoms with Gasteiger partial charge < -0.3 is 10.3 Å². The first kappa shape index (κ1) is 16.2. The van der Waals surface area contributed by atoms with Crippen molar-refractivity contribution >= 4 is 28.5 Å². The van der Waals surface area contributed by atoms with Gasteiger partial charge in [-0.05, 0) is 41.5 Å². The summed E-state index contributed by atoms with van der Waals surface area (Å²) in [5.74, 6) is -0.279. The van der Waals surface area contributed by atoms with Crippen LogP contribution in [-0.4, -0.2) is 17.4 Å². The van der Waals surface area contributed by atoms with Crippen LogP contribution < -0.4 is 10.9 Å². The number of H-pyrrole nitrogens is 1. The first-order chi connectivity index (χ1) is 9.10. The monoisotopic (exact) mass is 376 g/mol. The molecule has 19 heavy (non-hydrogen) atoms. The Balaban J connectivity index is 2.75. The molecule has 0 aliphatic rings. The lowest BCUT2D eigenvalue weighted by atomic mass is 10.2. The third-order valence-corrected chi connectivity index (χ3v) is 3.84. The van der Waals surface area contributed by atoms with Crippen molar-refractivity contribution in [3.8, 4) is 0 Å². The van der Waals surface area contributed by atoms with Crippen LogP contribution in [-0.2, 0) is 6.42 Å². The third kappa shape index (κ3) is 4.97. The van der Waals surface area contributed by atoms with Crippen LogP contribution in [0.1, 0.15) is 55.6 Å². The standard InChI is InChI=1S/C14H21IN2O2/c1-3-5-6-8-16-13(18)10-9-11(15)12(7-4-2)17-14(10)19/h9H,3-8H2,1-2H3,(H,16,18)(H,17,19). The van der Waals surface area contributed by atoms with E-state index in [-0.39, 0.29) is 17.0 Å². The Bertz CT molecular complexity index is 483. The van der Waals surface area contributed by atoms with Crippen molar-refractivity contribution in [1.29, 1.82) is 0 Å². The molecule has 0 spiro atoms. The zero-order chi connectivity index (χ0) is 14.3. The predicted molar refractivity (Wildman–Crippen MR) is 85.6 cm³/mol. The molecule has 0 radical (unpaired) electrons. The molecular formula is C14H21IN2O2. The number of nitrogens with one attached hydrogen (secondary N) is 2. The van der Waals surface area contributed by atoms with E-state index in [2.05, 4.69) is 46.7 Å². The average molecular weight is 376 g/mol. The van der Waals surface area contributed by atoms with Crippen LogP contribution in [0.15, 0.2) is 10.9 Å². The highest BCUT2D eigenvalue weighted by molar-refractivity contribution is 14.1. The Hall–Kier alpha value is -0.850. The second kappa shape index (κ2) is 8.35. The Labute approximate surface area is 127 Å². The molecule has 4 nitrogen and oxygen atoms in total. The van der Waals surface area contributed by atoms with Gasteiger partial charge >= 0.3 is 0 Å². The molecule has 1 aromatic rings. The molecule has 106 valence electrons. The maximum absolute atomic E-state index is 11.9. The van der Waals surface area contributed by atoms with Crippen LogP contribution in [0.3, 0.4) is 0 Å². The highest BCUT2D eigenvalue weighted by atomic mass is 127. The molecule has 0 atom stereocenters. The van der Waals surface area contributed by atoms with Crippen LogP contribution in [0.25, 0.3) is 0 Å². The molecular weight excluding hydrogens is 355 g/mol. The number of carbonyl (C=O) groups is 1. The van der Waals surface area contributed by atoms with E-state index in [1.165, 1.54) is 0 Å². The molecule has 0 aliphatic heterocycles. The topological polar surface area (TPSA) is 62.0 Å². The summed E-state index contributed by atoms with van der Waals surface area (Å²) in [5, 5.41) is 2.79. The van der Waals surface area contributed by atoms with Gasteiger partial charge in [-0.3, -0.25) is 9.59 Å². The van der Waals surface area contributed by atoms with Gasteiger partial charge in [-0.15, -0.1) is 0 Å².